The maximum Gasteiger partial charge on any atom is 0.246 e. The molecule has 0 saturated carbocycles. The molecule has 2 heterocycles. The monoisotopic (exact) mass is 481 g/mol. The lowest BCUT2D eigenvalue weighted by Gasteiger charge is -2.45. The summed E-state index contributed by atoms with van der Waals surface area (Å²) in [6.45, 7) is 6.77. The fourth-order valence-electron chi connectivity index (χ4n) is 4.03. The highest BCUT2D eigenvalue weighted by atomic mass is 35.5. The number of piperidine rings is 1. The Labute approximate surface area is 202 Å². The van der Waals surface area contributed by atoms with E-state index in [2.05, 4.69) is 6.58 Å². The summed E-state index contributed by atoms with van der Waals surface area (Å²) in [5.41, 5.74) is 1.01. The molecule has 0 atom stereocenters. The summed E-state index contributed by atoms with van der Waals surface area (Å²) < 4.78 is 6.44. The molecule has 1 saturated heterocycles. The van der Waals surface area contributed by atoms with Crippen LogP contribution in [0, 0.1) is 0 Å². The van der Waals surface area contributed by atoms with Crippen molar-refractivity contribution in [2.75, 3.05) is 18.8 Å². The van der Waals surface area contributed by atoms with Crippen LogP contribution in [0.15, 0.2) is 77.0 Å². The average Bonchev–Trinajstić information content (AvgIpc) is 2.82. The molecular formula is C26H24ClNO4S. The summed E-state index contributed by atoms with van der Waals surface area (Å²) in [7, 11) is 0. The number of ketones is 2. The van der Waals surface area contributed by atoms with Crippen molar-refractivity contribution in [3.8, 4) is 0 Å². The number of hydrogen-bond acceptors (Lipinski definition) is 5. The van der Waals surface area contributed by atoms with Gasteiger partial charge >= 0.3 is 0 Å². The molecule has 1 aromatic carbocycles. The second-order valence-corrected chi connectivity index (χ2v) is 9.55. The highest BCUT2D eigenvalue weighted by molar-refractivity contribution is 8.04. The summed E-state index contributed by atoms with van der Waals surface area (Å²) in [4.78, 5) is 39.7. The largest absolute Gasteiger partial charge is 0.484 e. The van der Waals surface area contributed by atoms with Crippen molar-refractivity contribution < 1.29 is 19.1 Å². The third-order valence-corrected chi connectivity index (χ3v) is 7.69. The molecule has 2 aliphatic heterocycles. The van der Waals surface area contributed by atoms with E-state index in [9.17, 15) is 14.4 Å². The van der Waals surface area contributed by atoms with Gasteiger partial charge in [0.2, 0.25) is 17.5 Å². The van der Waals surface area contributed by atoms with Gasteiger partial charge in [0, 0.05) is 53.9 Å². The molecule has 33 heavy (non-hydrogen) atoms. The molecule has 3 aliphatic rings. The molecule has 0 aromatic heterocycles. The second-order valence-electron chi connectivity index (χ2n) is 8.16. The van der Waals surface area contributed by atoms with E-state index in [1.807, 2.05) is 31.2 Å². The standard InChI is InChI=1S/C26H24ClNO4S/c1-3-4-8-19-17(2)22(30)23(31)25-24(19)32-26(16-33-25)12-14-28(15-13-26)21(29)11-10-18-7-5-6-9-20(18)27/h3-11H,2,12-16H2,1H3/b4-3-,11-10+,19-8+. The van der Waals surface area contributed by atoms with Crippen molar-refractivity contribution in [1.82, 2.24) is 4.90 Å². The van der Waals surface area contributed by atoms with Crippen LogP contribution in [0.5, 0.6) is 0 Å². The van der Waals surface area contributed by atoms with Crippen molar-refractivity contribution >= 4 is 46.9 Å². The average molecular weight is 482 g/mol. The molecule has 1 aromatic rings. The quantitative estimate of drug-likeness (QED) is 0.454. The van der Waals surface area contributed by atoms with Crippen molar-refractivity contribution in [1.29, 1.82) is 0 Å². The fraction of sp³-hybridized carbons (Fsp3) is 0.269. The van der Waals surface area contributed by atoms with Gasteiger partial charge in [-0.25, -0.2) is 0 Å². The first-order valence-corrected chi connectivity index (χ1v) is 12.1. The van der Waals surface area contributed by atoms with Gasteiger partial charge in [-0.2, -0.15) is 0 Å². The summed E-state index contributed by atoms with van der Waals surface area (Å²) in [6.07, 6.45) is 9.95. The van der Waals surface area contributed by atoms with E-state index in [0.29, 0.717) is 52.9 Å². The first kappa shape index (κ1) is 23.3. The first-order valence-electron chi connectivity index (χ1n) is 10.7. The van der Waals surface area contributed by atoms with E-state index in [1.54, 1.807) is 35.3 Å². The fourth-order valence-corrected chi connectivity index (χ4v) is 5.49. The zero-order chi connectivity index (χ0) is 23.6. The Morgan fingerprint density at radius 2 is 1.94 bits per heavy atom. The zero-order valence-corrected chi connectivity index (χ0v) is 19.9. The van der Waals surface area contributed by atoms with Gasteiger partial charge in [-0.3, -0.25) is 14.4 Å². The topological polar surface area (TPSA) is 63.7 Å². The van der Waals surface area contributed by atoms with E-state index >= 15 is 0 Å². The number of thioether (sulfide) groups is 1. The number of amides is 1. The molecule has 0 bridgehead atoms. The highest BCUT2D eigenvalue weighted by Gasteiger charge is 2.46. The van der Waals surface area contributed by atoms with Crippen LogP contribution in [0.3, 0.4) is 0 Å². The number of rotatable bonds is 3. The Balaban J connectivity index is 1.48. The summed E-state index contributed by atoms with van der Waals surface area (Å²) >= 11 is 7.53. The highest BCUT2D eigenvalue weighted by Crippen LogP contribution is 2.46. The molecule has 5 nitrogen and oxygen atoms in total. The summed E-state index contributed by atoms with van der Waals surface area (Å²) in [5.74, 6) is -0.204. The van der Waals surface area contributed by atoms with Crippen LogP contribution in [-0.4, -0.2) is 46.8 Å². The number of carbonyl (C=O) groups is 3. The van der Waals surface area contributed by atoms with Crippen LogP contribution < -0.4 is 0 Å². The minimum absolute atomic E-state index is 0.0753. The van der Waals surface area contributed by atoms with E-state index in [1.165, 1.54) is 11.8 Å². The van der Waals surface area contributed by atoms with Crippen LogP contribution in [0.1, 0.15) is 25.3 Å². The molecule has 1 fully saturated rings. The Kier molecular flexibility index (Phi) is 6.77. The lowest BCUT2D eigenvalue weighted by molar-refractivity contribution is -0.133. The number of Topliss-reactive ketones (excluding diaryl/α,β-unsaturated/α-hetero) is 2. The second kappa shape index (κ2) is 9.57. The molecule has 0 radical (unpaired) electrons. The van der Waals surface area contributed by atoms with Gasteiger partial charge in [0.1, 0.15) is 16.3 Å². The normalized spacial score (nSPS) is 21.9. The molecule has 1 aliphatic carbocycles. The SMILES string of the molecule is C=C1C(=O)C(=O)C2=C(OC3(CCN(C(=O)/C=C/c4ccccc4Cl)CC3)CS2)/C1=C/C=C\C. The molecular weight excluding hydrogens is 458 g/mol. The Morgan fingerprint density at radius 1 is 1.21 bits per heavy atom. The third-order valence-electron chi connectivity index (χ3n) is 6.01. The predicted octanol–water partition coefficient (Wildman–Crippen LogP) is 4.90. The van der Waals surface area contributed by atoms with E-state index in [0.717, 1.165) is 5.56 Å². The number of benzene rings is 1. The maximum atomic E-state index is 12.7. The van der Waals surface area contributed by atoms with E-state index < -0.39 is 17.2 Å². The maximum absolute atomic E-state index is 12.7. The smallest absolute Gasteiger partial charge is 0.246 e. The minimum atomic E-state index is -0.581. The number of nitrogens with zero attached hydrogens (tertiary/aromatic N) is 1. The molecule has 1 amide bonds. The van der Waals surface area contributed by atoms with Crippen molar-refractivity contribution in [3.05, 3.63) is 87.5 Å². The van der Waals surface area contributed by atoms with Crippen molar-refractivity contribution in [3.63, 3.8) is 0 Å². The molecule has 170 valence electrons. The predicted molar refractivity (Wildman–Crippen MR) is 132 cm³/mol. The van der Waals surface area contributed by atoms with Gasteiger partial charge in [-0.1, -0.05) is 54.6 Å². The van der Waals surface area contributed by atoms with Gasteiger partial charge in [-0.05, 0) is 24.6 Å². The summed E-state index contributed by atoms with van der Waals surface area (Å²) in [5, 5.41) is 0.597. The lowest BCUT2D eigenvalue weighted by atomic mass is 9.89. The van der Waals surface area contributed by atoms with Crippen molar-refractivity contribution in [2.45, 2.75) is 25.4 Å². The van der Waals surface area contributed by atoms with Crippen molar-refractivity contribution in [2.24, 2.45) is 0 Å². The molecule has 7 heteroatoms. The Morgan fingerprint density at radius 3 is 2.64 bits per heavy atom. The number of hydrogen-bond donors (Lipinski definition) is 0. The molecule has 0 unspecified atom stereocenters. The van der Waals surface area contributed by atoms with E-state index in [4.69, 9.17) is 16.3 Å². The molecule has 0 N–H and O–H groups in total. The zero-order valence-electron chi connectivity index (χ0n) is 18.3. The number of ether oxygens (including phenoxy) is 1. The Bertz CT molecular complexity index is 1150. The molecule has 4 rings (SSSR count). The third kappa shape index (κ3) is 4.63. The van der Waals surface area contributed by atoms with Crippen LogP contribution in [0.25, 0.3) is 6.08 Å². The van der Waals surface area contributed by atoms with Gasteiger partial charge < -0.3 is 9.64 Å². The number of halogens is 1. The van der Waals surface area contributed by atoms with Gasteiger partial charge in [-0.15, -0.1) is 11.8 Å². The Hall–Kier alpha value is -2.83. The van der Waals surface area contributed by atoms with Gasteiger partial charge in [0.05, 0.1) is 0 Å². The molecule has 1 spiro atoms. The first-order chi connectivity index (χ1) is 15.8. The number of likely N-dealkylation sites (tertiary alicyclic amines) is 1. The number of carbonyl (C=O) groups excluding carboxylic acids is 3. The van der Waals surface area contributed by atoms with Crippen LogP contribution in [0.4, 0.5) is 0 Å². The van der Waals surface area contributed by atoms with Crippen LogP contribution in [-0.2, 0) is 19.1 Å². The van der Waals surface area contributed by atoms with E-state index in [-0.39, 0.29) is 11.5 Å². The van der Waals surface area contributed by atoms with Crippen LogP contribution >= 0.6 is 23.4 Å². The van der Waals surface area contributed by atoms with Gasteiger partial charge in [0.15, 0.2) is 0 Å². The van der Waals surface area contributed by atoms with Gasteiger partial charge in [0.25, 0.3) is 0 Å². The minimum Gasteiger partial charge on any atom is -0.484 e. The van der Waals surface area contributed by atoms with Crippen LogP contribution in [0.2, 0.25) is 5.02 Å². The number of allylic oxidation sites excluding steroid dienone is 5. The lowest BCUT2D eigenvalue weighted by Crippen LogP contribution is -2.51. The summed E-state index contributed by atoms with van der Waals surface area (Å²) in [6, 6.07) is 7.37.